The Bertz CT molecular complexity index is 392. The van der Waals surface area contributed by atoms with Crippen LogP contribution >= 0.6 is 15.9 Å². The molecule has 62 valence electrons. The minimum absolute atomic E-state index is 0.993. The number of aryl methyl sites for hydroxylation is 2. The van der Waals surface area contributed by atoms with Crippen LogP contribution in [-0.2, 0) is 0 Å². The summed E-state index contributed by atoms with van der Waals surface area (Å²) in [5.41, 5.74) is 3.24. The summed E-state index contributed by atoms with van der Waals surface area (Å²) in [6.07, 6.45) is 2.04. The van der Waals surface area contributed by atoms with Gasteiger partial charge in [-0.05, 0) is 41.9 Å². The van der Waals surface area contributed by atoms with Gasteiger partial charge >= 0.3 is 0 Å². The number of aromatic nitrogens is 2. The fourth-order valence-corrected chi connectivity index (χ4v) is 1.70. The third-order valence-corrected chi connectivity index (χ3v) is 2.51. The van der Waals surface area contributed by atoms with E-state index in [4.69, 9.17) is 0 Å². The molecule has 0 saturated carbocycles. The predicted molar refractivity (Wildman–Crippen MR) is 52.4 cm³/mol. The summed E-state index contributed by atoms with van der Waals surface area (Å²) < 4.78 is 3.13. The summed E-state index contributed by atoms with van der Waals surface area (Å²) in [6.45, 7) is 4.07. The van der Waals surface area contributed by atoms with Gasteiger partial charge in [0.05, 0.1) is 10.2 Å². The summed E-state index contributed by atoms with van der Waals surface area (Å²) in [7, 11) is 0. The van der Waals surface area contributed by atoms with E-state index < -0.39 is 0 Å². The van der Waals surface area contributed by atoms with E-state index in [0.717, 1.165) is 15.8 Å². The highest BCUT2D eigenvalue weighted by Crippen LogP contribution is 2.18. The van der Waals surface area contributed by atoms with Gasteiger partial charge in [-0.15, -0.1) is 0 Å². The van der Waals surface area contributed by atoms with Crippen molar-refractivity contribution < 1.29 is 0 Å². The Morgan fingerprint density at radius 2 is 2.08 bits per heavy atom. The maximum Gasteiger partial charge on any atom is 0.151 e. The molecule has 2 aromatic heterocycles. The molecule has 0 aliphatic rings. The Kier molecular flexibility index (Phi) is 1.68. The van der Waals surface area contributed by atoms with Crippen molar-refractivity contribution in [2.24, 2.45) is 0 Å². The Morgan fingerprint density at radius 1 is 1.33 bits per heavy atom. The molecule has 0 unspecified atom stereocenters. The number of pyridine rings is 1. The number of hydrogen-bond acceptors (Lipinski definition) is 1. The number of halogens is 1. The molecule has 0 N–H and O–H groups in total. The molecule has 3 heteroatoms. The Labute approximate surface area is 79.4 Å². The summed E-state index contributed by atoms with van der Waals surface area (Å²) in [5, 5.41) is 0. The van der Waals surface area contributed by atoms with Crippen LogP contribution in [-0.4, -0.2) is 9.38 Å². The van der Waals surface area contributed by atoms with Gasteiger partial charge in [0, 0.05) is 11.9 Å². The SMILES string of the molecule is Cc1cn2c(C)ccc(Br)c2n1. The first-order valence-corrected chi connectivity index (χ1v) is 4.58. The van der Waals surface area contributed by atoms with Crippen LogP contribution in [0.15, 0.2) is 22.8 Å². The van der Waals surface area contributed by atoms with E-state index in [1.165, 1.54) is 5.69 Å². The molecule has 2 nitrogen and oxygen atoms in total. The average Bonchev–Trinajstić information content (AvgIpc) is 2.41. The monoisotopic (exact) mass is 224 g/mol. The number of hydrogen-bond donors (Lipinski definition) is 0. The predicted octanol–water partition coefficient (Wildman–Crippen LogP) is 2.71. The van der Waals surface area contributed by atoms with E-state index in [2.05, 4.69) is 38.3 Å². The zero-order valence-electron chi connectivity index (χ0n) is 7.00. The molecule has 0 saturated heterocycles. The number of rotatable bonds is 0. The highest BCUT2D eigenvalue weighted by atomic mass is 79.9. The maximum absolute atomic E-state index is 4.39. The molecule has 0 amide bonds. The molecular weight excluding hydrogens is 216 g/mol. The highest BCUT2D eigenvalue weighted by Gasteiger charge is 2.02. The summed E-state index contributed by atoms with van der Waals surface area (Å²) in [6, 6.07) is 4.09. The minimum atomic E-state index is 0.993. The molecule has 2 aromatic rings. The van der Waals surface area contributed by atoms with Crippen molar-refractivity contribution in [3.8, 4) is 0 Å². The lowest BCUT2D eigenvalue weighted by atomic mass is 10.4. The molecule has 0 bridgehead atoms. The molecule has 2 heterocycles. The number of imidazole rings is 1. The highest BCUT2D eigenvalue weighted by molar-refractivity contribution is 9.10. The van der Waals surface area contributed by atoms with Crippen LogP contribution in [0.2, 0.25) is 0 Å². The zero-order valence-corrected chi connectivity index (χ0v) is 8.59. The van der Waals surface area contributed by atoms with Crippen LogP contribution in [0.4, 0.5) is 0 Å². The third-order valence-electron chi connectivity index (χ3n) is 1.89. The van der Waals surface area contributed by atoms with E-state index in [0.29, 0.717) is 0 Å². The molecule has 0 atom stereocenters. The lowest BCUT2D eigenvalue weighted by molar-refractivity contribution is 1.09. The Balaban J connectivity index is 2.93. The van der Waals surface area contributed by atoms with E-state index in [1.54, 1.807) is 0 Å². The largest absolute Gasteiger partial charge is 0.303 e. The van der Waals surface area contributed by atoms with E-state index in [1.807, 2.05) is 19.2 Å². The molecule has 0 fully saturated rings. The minimum Gasteiger partial charge on any atom is -0.303 e. The van der Waals surface area contributed by atoms with Crippen molar-refractivity contribution in [1.82, 2.24) is 9.38 Å². The molecule has 0 radical (unpaired) electrons. The van der Waals surface area contributed by atoms with Crippen LogP contribution in [0.3, 0.4) is 0 Å². The molecule has 12 heavy (non-hydrogen) atoms. The first-order valence-electron chi connectivity index (χ1n) is 3.79. The van der Waals surface area contributed by atoms with Crippen LogP contribution in [0, 0.1) is 13.8 Å². The van der Waals surface area contributed by atoms with Gasteiger partial charge in [0.15, 0.2) is 5.65 Å². The number of fused-ring (bicyclic) bond motifs is 1. The summed E-state index contributed by atoms with van der Waals surface area (Å²) in [4.78, 5) is 4.39. The second-order valence-electron chi connectivity index (χ2n) is 2.90. The number of nitrogens with zero attached hydrogens (tertiary/aromatic N) is 2. The van der Waals surface area contributed by atoms with E-state index in [-0.39, 0.29) is 0 Å². The van der Waals surface area contributed by atoms with Gasteiger partial charge in [-0.1, -0.05) is 0 Å². The second-order valence-corrected chi connectivity index (χ2v) is 3.75. The van der Waals surface area contributed by atoms with Crippen LogP contribution in [0.5, 0.6) is 0 Å². The van der Waals surface area contributed by atoms with Crippen LogP contribution in [0.25, 0.3) is 5.65 Å². The quantitative estimate of drug-likeness (QED) is 0.673. The first kappa shape index (κ1) is 7.80. The fourth-order valence-electron chi connectivity index (χ4n) is 1.28. The second kappa shape index (κ2) is 2.59. The van der Waals surface area contributed by atoms with E-state index in [9.17, 15) is 0 Å². The summed E-state index contributed by atoms with van der Waals surface area (Å²) >= 11 is 3.46. The van der Waals surface area contributed by atoms with Gasteiger partial charge in [-0.3, -0.25) is 0 Å². The van der Waals surface area contributed by atoms with Crippen LogP contribution in [0.1, 0.15) is 11.4 Å². The van der Waals surface area contributed by atoms with Crippen molar-refractivity contribution in [3.05, 3.63) is 34.2 Å². The van der Waals surface area contributed by atoms with Crippen molar-refractivity contribution >= 4 is 21.6 Å². The maximum atomic E-state index is 4.39. The van der Waals surface area contributed by atoms with Crippen molar-refractivity contribution in [3.63, 3.8) is 0 Å². The van der Waals surface area contributed by atoms with Gasteiger partial charge < -0.3 is 4.40 Å². The smallest absolute Gasteiger partial charge is 0.151 e. The van der Waals surface area contributed by atoms with Crippen molar-refractivity contribution in [1.29, 1.82) is 0 Å². The first-order chi connectivity index (χ1) is 5.68. The van der Waals surface area contributed by atoms with Gasteiger partial charge in [0.1, 0.15) is 0 Å². The lowest BCUT2D eigenvalue weighted by Gasteiger charge is -1.99. The molecule has 0 aromatic carbocycles. The molecule has 0 aliphatic carbocycles. The van der Waals surface area contributed by atoms with Crippen molar-refractivity contribution in [2.45, 2.75) is 13.8 Å². The Morgan fingerprint density at radius 3 is 2.75 bits per heavy atom. The van der Waals surface area contributed by atoms with Gasteiger partial charge in [0.2, 0.25) is 0 Å². The summed E-state index contributed by atoms with van der Waals surface area (Å²) in [5.74, 6) is 0. The lowest BCUT2D eigenvalue weighted by Crippen LogP contribution is -1.88. The zero-order chi connectivity index (χ0) is 8.72. The van der Waals surface area contributed by atoms with Crippen molar-refractivity contribution in [2.75, 3.05) is 0 Å². The van der Waals surface area contributed by atoms with Gasteiger partial charge in [0.25, 0.3) is 0 Å². The van der Waals surface area contributed by atoms with E-state index >= 15 is 0 Å². The molecular formula is C9H9BrN2. The molecule has 0 aliphatic heterocycles. The third kappa shape index (κ3) is 1.05. The van der Waals surface area contributed by atoms with Gasteiger partial charge in [-0.25, -0.2) is 4.98 Å². The fraction of sp³-hybridized carbons (Fsp3) is 0.222. The molecule has 0 spiro atoms. The molecule has 2 rings (SSSR count). The van der Waals surface area contributed by atoms with Gasteiger partial charge in [-0.2, -0.15) is 0 Å². The van der Waals surface area contributed by atoms with Crippen LogP contribution < -0.4 is 0 Å². The Hall–Kier alpha value is -0.830. The average molecular weight is 225 g/mol. The standard InChI is InChI=1S/C9H9BrN2/c1-6-5-12-7(2)3-4-8(10)9(12)11-6/h3-5H,1-2H3. The topological polar surface area (TPSA) is 17.3 Å². The normalized spacial score (nSPS) is 10.9.